The van der Waals surface area contributed by atoms with Gasteiger partial charge in [0.2, 0.25) is 11.8 Å². The summed E-state index contributed by atoms with van der Waals surface area (Å²) in [5.74, 6) is -1.10. The van der Waals surface area contributed by atoms with E-state index in [1.807, 2.05) is 36.4 Å². The molecular formula is C18H19N3O4. The van der Waals surface area contributed by atoms with E-state index >= 15 is 0 Å². The van der Waals surface area contributed by atoms with E-state index in [-0.39, 0.29) is 18.2 Å². The molecule has 2 atom stereocenters. The second-order valence-corrected chi connectivity index (χ2v) is 5.94. The standard InChI is InChI=1S/C18H19N3O4/c1-25-18(24)15(21-17(23)14-8-9-16(22)20-14)10-12-7-6-11-4-2-3-5-13(11)19-12/h2-7,14-15H,8-10H2,1H3,(H,20,22)(H,21,23)/t14-,15-/m1/s1. The molecule has 1 aromatic carbocycles. The van der Waals surface area contributed by atoms with Crippen molar-refractivity contribution < 1.29 is 19.1 Å². The number of hydrogen-bond acceptors (Lipinski definition) is 5. The summed E-state index contributed by atoms with van der Waals surface area (Å²) < 4.78 is 4.79. The number of carbonyl (C=O) groups excluding carboxylic acids is 3. The van der Waals surface area contributed by atoms with E-state index in [9.17, 15) is 14.4 Å². The van der Waals surface area contributed by atoms with Gasteiger partial charge in [0.05, 0.1) is 12.6 Å². The topological polar surface area (TPSA) is 97.4 Å². The van der Waals surface area contributed by atoms with Crippen molar-refractivity contribution in [3.05, 3.63) is 42.1 Å². The fourth-order valence-corrected chi connectivity index (χ4v) is 2.85. The van der Waals surface area contributed by atoms with E-state index in [0.29, 0.717) is 18.5 Å². The van der Waals surface area contributed by atoms with Gasteiger partial charge in [-0.3, -0.25) is 14.6 Å². The largest absolute Gasteiger partial charge is 0.467 e. The maximum Gasteiger partial charge on any atom is 0.328 e. The smallest absolute Gasteiger partial charge is 0.328 e. The highest BCUT2D eigenvalue weighted by atomic mass is 16.5. The normalized spacial score (nSPS) is 17.8. The molecule has 1 saturated heterocycles. The Morgan fingerprint density at radius 1 is 1.32 bits per heavy atom. The molecule has 25 heavy (non-hydrogen) atoms. The van der Waals surface area contributed by atoms with Gasteiger partial charge in [-0.15, -0.1) is 0 Å². The van der Waals surface area contributed by atoms with Crippen LogP contribution in [0.1, 0.15) is 18.5 Å². The van der Waals surface area contributed by atoms with Crippen molar-refractivity contribution in [3.63, 3.8) is 0 Å². The van der Waals surface area contributed by atoms with Gasteiger partial charge in [0.15, 0.2) is 0 Å². The molecule has 7 nitrogen and oxygen atoms in total. The van der Waals surface area contributed by atoms with E-state index in [0.717, 1.165) is 10.9 Å². The lowest BCUT2D eigenvalue weighted by molar-refractivity contribution is -0.145. The van der Waals surface area contributed by atoms with Gasteiger partial charge in [-0.05, 0) is 18.6 Å². The van der Waals surface area contributed by atoms with E-state index in [2.05, 4.69) is 15.6 Å². The molecule has 1 aromatic heterocycles. The highest BCUT2D eigenvalue weighted by molar-refractivity contribution is 5.93. The average molecular weight is 341 g/mol. The van der Waals surface area contributed by atoms with Gasteiger partial charge in [0, 0.05) is 23.9 Å². The van der Waals surface area contributed by atoms with Gasteiger partial charge in [-0.25, -0.2) is 4.79 Å². The van der Waals surface area contributed by atoms with Crippen LogP contribution in [-0.4, -0.2) is 42.0 Å². The zero-order chi connectivity index (χ0) is 17.8. The van der Waals surface area contributed by atoms with Crippen molar-refractivity contribution in [1.29, 1.82) is 0 Å². The number of fused-ring (bicyclic) bond motifs is 1. The number of esters is 1. The fourth-order valence-electron chi connectivity index (χ4n) is 2.85. The highest BCUT2D eigenvalue weighted by Gasteiger charge is 2.31. The van der Waals surface area contributed by atoms with Crippen LogP contribution in [-0.2, 0) is 25.5 Å². The van der Waals surface area contributed by atoms with Gasteiger partial charge < -0.3 is 15.4 Å². The Bertz CT molecular complexity index is 821. The van der Waals surface area contributed by atoms with Gasteiger partial charge in [-0.2, -0.15) is 0 Å². The fraction of sp³-hybridized carbons (Fsp3) is 0.333. The Hall–Kier alpha value is -2.96. The number of benzene rings is 1. The van der Waals surface area contributed by atoms with Crippen molar-refractivity contribution >= 4 is 28.7 Å². The van der Waals surface area contributed by atoms with Gasteiger partial charge >= 0.3 is 5.97 Å². The molecule has 2 amide bonds. The van der Waals surface area contributed by atoms with E-state index in [1.54, 1.807) is 0 Å². The lowest BCUT2D eigenvalue weighted by atomic mass is 10.1. The van der Waals surface area contributed by atoms with Crippen LogP contribution in [0.15, 0.2) is 36.4 Å². The van der Waals surface area contributed by atoms with Crippen LogP contribution >= 0.6 is 0 Å². The summed E-state index contributed by atoms with van der Waals surface area (Å²) in [5.41, 5.74) is 1.49. The molecule has 1 aliphatic rings. The van der Waals surface area contributed by atoms with Crippen LogP contribution in [0.2, 0.25) is 0 Å². The van der Waals surface area contributed by atoms with E-state index in [4.69, 9.17) is 4.74 Å². The second-order valence-electron chi connectivity index (χ2n) is 5.94. The maximum atomic E-state index is 12.3. The summed E-state index contributed by atoms with van der Waals surface area (Å²) in [5, 5.41) is 6.24. The Morgan fingerprint density at radius 3 is 2.84 bits per heavy atom. The minimum absolute atomic E-state index is 0.161. The Labute approximate surface area is 144 Å². The molecule has 0 radical (unpaired) electrons. The molecule has 0 saturated carbocycles. The summed E-state index contributed by atoms with van der Waals surface area (Å²) in [6, 6.07) is 9.94. The van der Waals surface area contributed by atoms with Crippen LogP contribution in [0.4, 0.5) is 0 Å². The van der Waals surface area contributed by atoms with Gasteiger partial charge in [0.25, 0.3) is 0 Å². The third kappa shape index (κ3) is 3.93. The lowest BCUT2D eigenvalue weighted by Gasteiger charge is -2.19. The number of para-hydroxylation sites is 1. The first-order valence-electron chi connectivity index (χ1n) is 8.09. The van der Waals surface area contributed by atoms with Crippen molar-refractivity contribution in [2.75, 3.05) is 7.11 Å². The predicted molar refractivity (Wildman–Crippen MR) is 90.6 cm³/mol. The third-order valence-corrected chi connectivity index (χ3v) is 4.18. The zero-order valence-electron chi connectivity index (χ0n) is 13.8. The molecule has 0 spiro atoms. The van der Waals surface area contributed by atoms with E-state index < -0.39 is 18.1 Å². The number of carbonyl (C=O) groups is 3. The number of amides is 2. The number of pyridine rings is 1. The first kappa shape index (κ1) is 16.9. The number of methoxy groups -OCH3 is 1. The van der Waals surface area contributed by atoms with Crippen molar-refractivity contribution in [2.45, 2.75) is 31.3 Å². The second kappa shape index (κ2) is 7.29. The van der Waals surface area contributed by atoms with Crippen LogP contribution in [0, 0.1) is 0 Å². The first-order valence-corrected chi connectivity index (χ1v) is 8.09. The Balaban J connectivity index is 1.74. The van der Waals surface area contributed by atoms with Crippen molar-refractivity contribution in [1.82, 2.24) is 15.6 Å². The van der Waals surface area contributed by atoms with Gasteiger partial charge in [0.1, 0.15) is 12.1 Å². The van der Waals surface area contributed by atoms with Crippen LogP contribution < -0.4 is 10.6 Å². The molecule has 7 heteroatoms. The average Bonchev–Trinajstić information content (AvgIpc) is 3.07. The molecule has 2 N–H and O–H groups in total. The molecule has 2 heterocycles. The molecule has 1 fully saturated rings. The number of aromatic nitrogens is 1. The number of nitrogens with zero attached hydrogens (tertiary/aromatic N) is 1. The lowest BCUT2D eigenvalue weighted by Crippen LogP contribution is -2.50. The summed E-state index contributed by atoms with van der Waals surface area (Å²) >= 11 is 0. The summed E-state index contributed by atoms with van der Waals surface area (Å²) in [6.45, 7) is 0. The monoisotopic (exact) mass is 341 g/mol. The molecule has 0 bridgehead atoms. The summed E-state index contributed by atoms with van der Waals surface area (Å²) in [7, 11) is 1.27. The predicted octanol–water partition coefficient (Wildman–Crippen LogP) is 0.714. The van der Waals surface area contributed by atoms with Crippen LogP contribution in [0.3, 0.4) is 0 Å². The number of rotatable bonds is 5. The molecule has 1 aliphatic heterocycles. The summed E-state index contributed by atoms with van der Waals surface area (Å²) in [6.07, 6.45) is 0.948. The Morgan fingerprint density at radius 2 is 2.12 bits per heavy atom. The van der Waals surface area contributed by atoms with Crippen molar-refractivity contribution in [3.8, 4) is 0 Å². The SMILES string of the molecule is COC(=O)[C@@H](Cc1ccc2ccccc2n1)NC(=O)[C@H]1CCC(=O)N1. The molecule has 0 aliphatic carbocycles. The quantitative estimate of drug-likeness (QED) is 0.781. The maximum absolute atomic E-state index is 12.3. The number of hydrogen-bond donors (Lipinski definition) is 2. The van der Waals surface area contributed by atoms with Crippen LogP contribution in [0.5, 0.6) is 0 Å². The molecule has 2 aromatic rings. The minimum Gasteiger partial charge on any atom is -0.467 e. The Kier molecular flexibility index (Phi) is 4.92. The zero-order valence-corrected chi connectivity index (χ0v) is 13.8. The minimum atomic E-state index is -0.858. The van der Waals surface area contributed by atoms with Crippen LogP contribution in [0.25, 0.3) is 10.9 Å². The highest BCUT2D eigenvalue weighted by Crippen LogP contribution is 2.14. The molecule has 3 rings (SSSR count). The molecule has 0 unspecified atom stereocenters. The molecule has 130 valence electrons. The number of ether oxygens (including phenoxy) is 1. The number of nitrogens with one attached hydrogen (secondary N) is 2. The third-order valence-electron chi connectivity index (χ3n) is 4.18. The first-order chi connectivity index (χ1) is 12.1. The van der Waals surface area contributed by atoms with Gasteiger partial charge in [-0.1, -0.05) is 24.3 Å². The summed E-state index contributed by atoms with van der Waals surface area (Å²) in [4.78, 5) is 40.1. The van der Waals surface area contributed by atoms with E-state index in [1.165, 1.54) is 7.11 Å². The molecular weight excluding hydrogens is 322 g/mol. The van der Waals surface area contributed by atoms with Crippen molar-refractivity contribution in [2.24, 2.45) is 0 Å².